The Hall–Kier alpha value is -3.61. The molecule has 3 aromatic rings. The topological polar surface area (TPSA) is 102 Å². The summed E-state index contributed by atoms with van der Waals surface area (Å²) < 4.78 is 1.67. The van der Waals surface area contributed by atoms with Gasteiger partial charge in [0, 0.05) is 18.8 Å². The van der Waals surface area contributed by atoms with Gasteiger partial charge in [-0.25, -0.2) is 0 Å². The highest BCUT2D eigenvalue weighted by molar-refractivity contribution is 6.05. The lowest BCUT2D eigenvalue weighted by molar-refractivity contribution is 0.0962. The molecule has 4 N–H and O–H groups in total. The molecule has 0 unspecified atom stereocenters. The number of benzene rings is 2. The van der Waals surface area contributed by atoms with Gasteiger partial charge in [0.2, 0.25) is 0 Å². The van der Waals surface area contributed by atoms with Crippen LogP contribution in [0.2, 0.25) is 0 Å². The third kappa shape index (κ3) is 3.89. The summed E-state index contributed by atoms with van der Waals surface area (Å²) in [5.74, 6) is -0.404. The van der Waals surface area contributed by atoms with E-state index in [1.54, 1.807) is 42.2 Å². The van der Waals surface area contributed by atoms with Gasteiger partial charge >= 0.3 is 0 Å². The van der Waals surface area contributed by atoms with Gasteiger partial charge in [-0.1, -0.05) is 24.3 Å². The number of nitrogens with two attached hydrogens (primary N) is 1. The minimum Gasteiger partial charge on any atom is -0.397 e. The van der Waals surface area contributed by atoms with E-state index in [-0.39, 0.29) is 11.8 Å². The van der Waals surface area contributed by atoms with Crippen molar-refractivity contribution in [1.29, 1.82) is 0 Å². The number of para-hydroxylation sites is 2. The number of amides is 2. The highest BCUT2D eigenvalue weighted by Crippen LogP contribution is 2.18. The van der Waals surface area contributed by atoms with Crippen LogP contribution >= 0.6 is 0 Å². The first-order chi connectivity index (χ1) is 12.6. The largest absolute Gasteiger partial charge is 0.397 e. The molecule has 0 aliphatic heterocycles. The fourth-order valence-corrected chi connectivity index (χ4v) is 2.47. The minimum absolute atomic E-state index is 0.177. The van der Waals surface area contributed by atoms with E-state index < -0.39 is 0 Å². The predicted molar refractivity (Wildman–Crippen MR) is 100.0 cm³/mol. The number of anilines is 2. The second-order valence-corrected chi connectivity index (χ2v) is 5.74. The average Bonchev–Trinajstić information content (AvgIpc) is 3.12. The van der Waals surface area contributed by atoms with Crippen LogP contribution < -0.4 is 16.4 Å². The number of rotatable bonds is 5. The van der Waals surface area contributed by atoms with Crippen molar-refractivity contribution in [2.75, 3.05) is 18.1 Å². The van der Waals surface area contributed by atoms with E-state index >= 15 is 0 Å². The van der Waals surface area contributed by atoms with Gasteiger partial charge in [-0.3, -0.25) is 14.3 Å². The molecule has 0 saturated carbocycles. The Morgan fingerprint density at radius 1 is 1.04 bits per heavy atom. The van der Waals surface area contributed by atoms with Gasteiger partial charge in [-0.2, -0.15) is 5.10 Å². The smallest absolute Gasteiger partial charge is 0.255 e. The summed E-state index contributed by atoms with van der Waals surface area (Å²) in [5, 5.41) is 9.51. The van der Waals surface area contributed by atoms with E-state index in [0.717, 1.165) is 5.56 Å². The number of carbonyl (C=O) groups excluding carboxylic acids is 2. The first-order valence-electron chi connectivity index (χ1n) is 8.06. The molecule has 26 heavy (non-hydrogen) atoms. The minimum atomic E-state index is -0.226. The lowest BCUT2D eigenvalue weighted by Gasteiger charge is -2.08. The van der Waals surface area contributed by atoms with Crippen molar-refractivity contribution >= 4 is 23.2 Å². The lowest BCUT2D eigenvalue weighted by Crippen LogP contribution is -2.17. The molecule has 0 bridgehead atoms. The Labute approximate surface area is 150 Å². The molecule has 2 amide bonds. The molecule has 0 aliphatic rings. The monoisotopic (exact) mass is 349 g/mol. The highest BCUT2D eigenvalue weighted by Gasteiger charge is 2.09. The number of nitrogens with zero attached hydrogens (tertiary/aromatic N) is 2. The summed E-state index contributed by atoms with van der Waals surface area (Å²) in [6, 6.07) is 14.3. The molecule has 0 spiro atoms. The number of carbonyl (C=O) groups is 2. The van der Waals surface area contributed by atoms with Crippen LogP contribution in [0, 0.1) is 0 Å². The second kappa shape index (κ2) is 7.52. The summed E-state index contributed by atoms with van der Waals surface area (Å²) in [4.78, 5) is 23.9. The molecule has 0 aliphatic carbocycles. The summed E-state index contributed by atoms with van der Waals surface area (Å²) >= 11 is 0. The first kappa shape index (κ1) is 17.2. The third-order valence-corrected chi connectivity index (χ3v) is 3.89. The Balaban J connectivity index is 1.66. The molecule has 132 valence electrons. The highest BCUT2D eigenvalue weighted by atomic mass is 16.2. The Morgan fingerprint density at radius 2 is 1.77 bits per heavy atom. The Bertz CT molecular complexity index is 931. The SMILES string of the molecule is CNC(=O)c1cnn(Cc2ccc(C(=O)Nc3ccccc3N)cc2)c1. The third-order valence-electron chi connectivity index (χ3n) is 3.89. The normalized spacial score (nSPS) is 10.3. The van der Waals surface area contributed by atoms with Crippen LogP contribution in [0.4, 0.5) is 11.4 Å². The molecule has 1 heterocycles. The maximum Gasteiger partial charge on any atom is 0.255 e. The van der Waals surface area contributed by atoms with E-state index in [4.69, 9.17) is 5.73 Å². The van der Waals surface area contributed by atoms with Gasteiger partial charge in [-0.15, -0.1) is 0 Å². The van der Waals surface area contributed by atoms with Crippen molar-refractivity contribution in [2.24, 2.45) is 0 Å². The van der Waals surface area contributed by atoms with Crippen molar-refractivity contribution in [3.05, 3.63) is 77.6 Å². The maximum absolute atomic E-state index is 12.3. The fraction of sp³-hybridized carbons (Fsp3) is 0.105. The van der Waals surface area contributed by atoms with Crippen LogP contribution in [0.5, 0.6) is 0 Å². The second-order valence-electron chi connectivity index (χ2n) is 5.74. The summed E-state index contributed by atoms with van der Waals surface area (Å²) in [7, 11) is 1.58. The molecule has 2 aromatic carbocycles. The quantitative estimate of drug-likeness (QED) is 0.614. The number of nitrogens with one attached hydrogen (secondary N) is 2. The standard InChI is InChI=1S/C19H19N5O2/c1-21-18(25)15-10-22-24(12-15)11-13-6-8-14(9-7-13)19(26)23-17-5-3-2-4-16(17)20/h2-10,12H,11,20H2,1H3,(H,21,25)(H,23,26). The van der Waals surface area contributed by atoms with Crippen molar-refractivity contribution in [3.8, 4) is 0 Å². The van der Waals surface area contributed by atoms with E-state index in [2.05, 4.69) is 15.7 Å². The average molecular weight is 349 g/mol. The van der Waals surface area contributed by atoms with Gasteiger partial charge in [0.15, 0.2) is 0 Å². The molecular weight excluding hydrogens is 330 g/mol. The lowest BCUT2D eigenvalue weighted by atomic mass is 10.1. The van der Waals surface area contributed by atoms with E-state index in [1.165, 1.54) is 6.20 Å². The molecule has 0 radical (unpaired) electrons. The van der Waals surface area contributed by atoms with Gasteiger partial charge in [0.05, 0.1) is 29.7 Å². The summed E-state index contributed by atoms with van der Waals surface area (Å²) in [5.41, 5.74) is 8.94. The number of hydrogen-bond donors (Lipinski definition) is 3. The summed E-state index contributed by atoms with van der Waals surface area (Å²) in [6.45, 7) is 0.504. The van der Waals surface area contributed by atoms with Crippen LogP contribution in [0.3, 0.4) is 0 Å². The summed E-state index contributed by atoms with van der Waals surface area (Å²) in [6.07, 6.45) is 3.20. The predicted octanol–water partition coefficient (Wildman–Crippen LogP) is 2.13. The number of aromatic nitrogens is 2. The molecule has 7 heteroatoms. The van der Waals surface area contributed by atoms with E-state index in [1.807, 2.05) is 24.3 Å². The number of nitrogen functional groups attached to an aromatic ring is 1. The van der Waals surface area contributed by atoms with Crippen molar-refractivity contribution < 1.29 is 9.59 Å². The van der Waals surface area contributed by atoms with Crippen molar-refractivity contribution in [1.82, 2.24) is 15.1 Å². The van der Waals surface area contributed by atoms with Crippen molar-refractivity contribution in [3.63, 3.8) is 0 Å². The molecule has 7 nitrogen and oxygen atoms in total. The Kier molecular flexibility index (Phi) is 4.98. The van der Waals surface area contributed by atoms with Crippen molar-refractivity contribution in [2.45, 2.75) is 6.54 Å². The van der Waals surface area contributed by atoms with Gasteiger partial charge in [0.25, 0.3) is 11.8 Å². The van der Waals surface area contributed by atoms with Crippen LogP contribution in [0.1, 0.15) is 26.3 Å². The van der Waals surface area contributed by atoms with Gasteiger partial charge in [0.1, 0.15) is 0 Å². The van der Waals surface area contributed by atoms with Gasteiger partial charge in [-0.05, 0) is 29.8 Å². The zero-order valence-electron chi connectivity index (χ0n) is 14.3. The molecular formula is C19H19N5O2. The number of hydrogen-bond acceptors (Lipinski definition) is 4. The molecule has 0 saturated heterocycles. The molecule has 1 aromatic heterocycles. The van der Waals surface area contributed by atoms with E-state index in [0.29, 0.717) is 29.0 Å². The van der Waals surface area contributed by atoms with Crippen LogP contribution in [0.25, 0.3) is 0 Å². The van der Waals surface area contributed by atoms with Gasteiger partial charge < -0.3 is 16.4 Å². The zero-order chi connectivity index (χ0) is 18.5. The van der Waals surface area contributed by atoms with Crippen LogP contribution in [0.15, 0.2) is 60.9 Å². The van der Waals surface area contributed by atoms with Crippen LogP contribution in [-0.4, -0.2) is 28.6 Å². The first-order valence-corrected chi connectivity index (χ1v) is 8.06. The molecule has 0 fully saturated rings. The Morgan fingerprint density at radius 3 is 2.46 bits per heavy atom. The van der Waals surface area contributed by atoms with E-state index in [9.17, 15) is 9.59 Å². The zero-order valence-corrected chi connectivity index (χ0v) is 14.3. The fourth-order valence-electron chi connectivity index (χ4n) is 2.47. The molecule has 3 rings (SSSR count). The molecule has 0 atom stereocenters. The van der Waals surface area contributed by atoms with Crippen LogP contribution in [-0.2, 0) is 6.54 Å². The maximum atomic E-state index is 12.3.